The maximum absolute atomic E-state index is 4.32. The first-order valence-electron chi connectivity index (χ1n) is 18.3. The van der Waals surface area contributed by atoms with E-state index in [0.717, 1.165) is 51.6 Å². The molecule has 0 bridgehead atoms. The van der Waals surface area contributed by atoms with Crippen molar-refractivity contribution < 1.29 is 0 Å². The molecule has 3 heterocycles. The molecule has 4 aromatic rings. The number of rotatable bonds is 11. The van der Waals surface area contributed by atoms with E-state index in [1.165, 1.54) is 72.5 Å². The van der Waals surface area contributed by atoms with Crippen molar-refractivity contribution in [2.75, 3.05) is 66.0 Å². The van der Waals surface area contributed by atoms with E-state index in [4.69, 9.17) is 0 Å². The highest BCUT2D eigenvalue weighted by Crippen LogP contribution is 2.42. The topological polar surface area (TPSA) is 43.7 Å². The number of benzene rings is 3. The molecule has 1 aromatic heterocycles. The normalized spacial score (nSPS) is 17.5. The Kier molecular flexibility index (Phi) is 11.9. The lowest BCUT2D eigenvalue weighted by Crippen LogP contribution is -2.46. The first-order chi connectivity index (χ1) is 24.0. The van der Waals surface area contributed by atoms with Crippen LogP contribution < -0.4 is 14.7 Å². The third kappa shape index (κ3) is 8.64. The standard InChI is InChI=1S/C27H38N4S.C14H17N3/c1-22(2)30-19-20-31(23(30)3)27-13-11-26(12-14-27)29-17-15-28(16-18-29)25-9-7-24(8-10-25)6-5-21-32-4;1-2-6-13(7-3-1)14(8-4-5-9-14)12-17-15-10-11-16-17/h7-14,22H,3,5-6,15-21H2,1-2,4H3;1-3,6-7,10-11H,4-5,8-9,12H2. The fraction of sp³-hybridized carbons (Fsp3) is 0.463. The molecular weight excluding hydrogens is 623 g/mol. The molecule has 49 heavy (non-hydrogen) atoms. The number of anilines is 3. The molecule has 0 radical (unpaired) electrons. The van der Waals surface area contributed by atoms with Gasteiger partial charge in [0.25, 0.3) is 0 Å². The van der Waals surface area contributed by atoms with Gasteiger partial charge >= 0.3 is 0 Å². The number of nitrogens with zero attached hydrogens (tertiary/aromatic N) is 7. The number of aryl methyl sites for hydroxylation is 1. The van der Waals surface area contributed by atoms with Crippen molar-refractivity contribution in [3.05, 3.63) is 115 Å². The van der Waals surface area contributed by atoms with E-state index < -0.39 is 0 Å². The van der Waals surface area contributed by atoms with Crippen LogP contribution in [0.15, 0.2) is 104 Å². The van der Waals surface area contributed by atoms with Crippen LogP contribution in [0.3, 0.4) is 0 Å². The predicted octanol–water partition coefficient (Wildman–Crippen LogP) is 8.10. The second kappa shape index (κ2) is 16.7. The van der Waals surface area contributed by atoms with Gasteiger partial charge in [-0.25, -0.2) is 0 Å². The summed E-state index contributed by atoms with van der Waals surface area (Å²) < 4.78 is 0. The molecule has 3 aromatic carbocycles. The lowest BCUT2D eigenvalue weighted by atomic mass is 9.79. The Hall–Kier alpha value is -3.91. The van der Waals surface area contributed by atoms with Gasteiger partial charge in [0.05, 0.1) is 18.9 Å². The summed E-state index contributed by atoms with van der Waals surface area (Å²) in [6, 6.07) is 29.6. The van der Waals surface area contributed by atoms with Gasteiger partial charge in [-0.1, -0.05) is 61.9 Å². The Morgan fingerprint density at radius 3 is 1.86 bits per heavy atom. The average Bonchev–Trinajstić information content (AvgIpc) is 3.92. The molecule has 3 aliphatic rings. The first kappa shape index (κ1) is 34.9. The highest BCUT2D eigenvalue weighted by Gasteiger charge is 2.36. The SMILES string of the molecule is C=C1N(c2ccc(N3CCN(c4ccc(CCCSC)cc4)CC3)cc2)CCN1C(C)C.c1ccc(C2(Cn3nccn3)CCCC2)cc1. The smallest absolute Gasteiger partial charge is 0.101 e. The molecule has 0 N–H and O–H groups in total. The third-order valence-corrected chi connectivity index (χ3v) is 11.3. The highest BCUT2D eigenvalue weighted by molar-refractivity contribution is 7.98. The summed E-state index contributed by atoms with van der Waals surface area (Å²) in [4.78, 5) is 11.6. The summed E-state index contributed by atoms with van der Waals surface area (Å²) in [6.07, 6.45) is 13.3. The average molecular weight is 678 g/mol. The van der Waals surface area contributed by atoms with Crippen molar-refractivity contribution in [1.29, 1.82) is 0 Å². The van der Waals surface area contributed by atoms with Crippen LogP contribution in [0.5, 0.6) is 0 Å². The van der Waals surface area contributed by atoms with Crippen LogP contribution in [0.25, 0.3) is 0 Å². The van der Waals surface area contributed by atoms with Crippen molar-refractivity contribution >= 4 is 28.8 Å². The molecule has 7 rings (SSSR count). The molecule has 260 valence electrons. The molecule has 3 fully saturated rings. The van der Waals surface area contributed by atoms with Gasteiger partial charge in [0.1, 0.15) is 5.82 Å². The molecule has 0 spiro atoms. The zero-order chi connectivity index (χ0) is 34.1. The molecule has 1 aliphatic carbocycles. The maximum Gasteiger partial charge on any atom is 0.101 e. The fourth-order valence-electron chi connectivity index (χ4n) is 7.79. The largest absolute Gasteiger partial charge is 0.368 e. The lowest BCUT2D eigenvalue weighted by molar-refractivity contribution is 0.328. The van der Waals surface area contributed by atoms with Gasteiger partial charge in [-0.05, 0) is 99.1 Å². The molecular formula is C41H55N7S. The van der Waals surface area contributed by atoms with Gasteiger partial charge in [-0.3, -0.25) is 0 Å². The summed E-state index contributed by atoms with van der Waals surface area (Å²) >= 11 is 1.93. The van der Waals surface area contributed by atoms with Crippen molar-refractivity contribution in [1.82, 2.24) is 19.9 Å². The second-order valence-corrected chi connectivity index (χ2v) is 15.0. The summed E-state index contributed by atoms with van der Waals surface area (Å²) in [5, 5.41) is 8.51. The number of thioether (sulfide) groups is 1. The van der Waals surface area contributed by atoms with Crippen molar-refractivity contribution in [2.24, 2.45) is 0 Å². The molecule has 1 saturated carbocycles. The van der Waals surface area contributed by atoms with Gasteiger partial charge < -0.3 is 19.6 Å². The van der Waals surface area contributed by atoms with E-state index in [9.17, 15) is 0 Å². The Labute approximate surface area is 299 Å². The molecule has 0 unspecified atom stereocenters. The number of hydrogen-bond acceptors (Lipinski definition) is 7. The molecule has 2 aliphatic heterocycles. The van der Waals surface area contributed by atoms with Crippen molar-refractivity contribution in [2.45, 2.75) is 70.4 Å². The van der Waals surface area contributed by atoms with Gasteiger partial charge in [0, 0.05) is 67.8 Å². The van der Waals surface area contributed by atoms with Crippen molar-refractivity contribution in [3.8, 4) is 0 Å². The minimum absolute atomic E-state index is 0.250. The van der Waals surface area contributed by atoms with Crippen LogP contribution in [0.2, 0.25) is 0 Å². The van der Waals surface area contributed by atoms with E-state index in [0.29, 0.717) is 6.04 Å². The predicted molar refractivity (Wildman–Crippen MR) is 209 cm³/mol. The van der Waals surface area contributed by atoms with Crippen molar-refractivity contribution in [3.63, 3.8) is 0 Å². The van der Waals surface area contributed by atoms with Gasteiger partial charge in [0.15, 0.2) is 0 Å². The van der Waals surface area contributed by atoms with Crippen LogP contribution >= 0.6 is 11.8 Å². The minimum Gasteiger partial charge on any atom is -0.368 e. The zero-order valence-electron chi connectivity index (χ0n) is 29.9. The Bertz CT molecular complexity index is 1560. The lowest BCUT2D eigenvalue weighted by Gasteiger charge is -2.37. The fourth-order valence-corrected chi connectivity index (χ4v) is 8.23. The molecule has 0 amide bonds. The second-order valence-electron chi connectivity index (χ2n) is 14.0. The van der Waals surface area contributed by atoms with E-state index in [2.05, 4.69) is 135 Å². The Balaban J connectivity index is 0.000000205. The van der Waals surface area contributed by atoms with Gasteiger partial charge in [-0.15, -0.1) is 0 Å². The number of piperazine rings is 1. The van der Waals surface area contributed by atoms with Gasteiger partial charge in [0.2, 0.25) is 0 Å². The minimum atomic E-state index is 0.250. The summed E-state index contributed by atoms with van der Waals surface area (Å²) in [7, 11) is 0. The van der Waals surface area contributed by atoms with Crippen LogP contribution in [-0.2, 0) is 18.4 Å². The first-order valence-corrected chi connectivity index (χ1v) is 19.7. The molecule has 7 nitrogen and oxygen atoms in total. The van der Waals surface area contributed by atoms with Crippen LogP contribution in [0, 0.1) is 0 Å². The highest BCUT2D eigenvalue weighted by atomic mass is 32.2. The maximum atomic E-state index is 4.32. The molecule has 8 heteroatoms. The number of hydrogen-bond donors (Lipinski definition) is 0. The van der Waals surface area contributed by atoms with E-state index in [1.54, 1.807) is 12.4 Å². The van der Waals surface area contributed by atoms with Gasteiger partial charge in [-0.2, -0.15) is 26.8 Å². The summed E-state index contributed by atoms with van der Waals surface area (Å²) in [5.74, 6) is 2.37. The van der Waals surface area contributed by atoms with E-state index in [1.807, 2.05) is 16.6 Å². The molecule has 0 atom stereocenters. The zero-order valence-corrected chi connectivity index (χ0v) is 30.7. The Morgan fingerprint density at radius 1 is 0.735 bits per heavy atom. The van der Waals surface area contributed by atoms with Crippen LogP contribution in [0.1, 0.15) is 57.1 Å². The van der Waals surface area contributed by atoms with Crippen LogP contribution in [-0.4, -0.2) is 77.2 Å². The van der Waals surface area contributed by atoms with E-state index >= 15 is 0 Å². The third-order valence-electron chi connectivity index (χ3n) is 10.6. The summed E-state index contributed by atoms with van der Waals surface area (Å²) in [5.41, 5.74) is 7.07. The quantitative estimate of drug-likeness (QED) is 0.149. The Morgan fingerprint density at radius 2 is 1.31 bits per heavy atom. The van der Waals surface area contributed by atoms with Crippen LogP contribution in [0.4, 0.5) is 17.1 Å². The number of aromatic nitrogens is 3. The molecule has 2 saturated heterocycles. The summed E-state index contributed by atoms with van der Waals surface area (Å²) in [6.45, 7) is 16.0. The van der Waals surface area contributed by atoms with E-state index in [-0.39, 0.29) is 5.41 Å². The monoisotopic (exact) mass is 677 g/mol.